The minimum Gasteiger partial charge on any atom is -0.463 e. The molecule has 1 aliphatic heterocycles. The first-order valence-corrected chi connectivity index (χ1v) is 14.3. The van der Waals surface area contributed by atoms with Crippen LogP contribution < -0.4 is 26.1 Å². The van der Waals surface area contributed by atoms with Crippen LogP contribution in [-0.4, -0.2) is 60.9 Å². The Morgan fingerprint density at radius 1 is 1.05 bits per heavy atom. The van der Waals surface area contributed by atoms with Crippen LogP contribution in [0.25, 0.3) is 0 Å². The largest absolute Gasteiger partial charge is 0.463 e. The van der Waals surface area contributed by atoms with E-state index in [1.54, 1.807) is 6.21 Å². The van der Waals surface area contributed by atoms with E-state index < -0.39 is 0 Å². The predicted molar refractivity (Wildman–Crippen MR) is 164 cm³/mol. The van der Waals surface area contributed by atoms with Crippen molar-refractivity contribution in [1.82, 2.24) is 9.97 Å². The van der Waals surface area contributed by atoms with Gasteiger partial charge in [0.1, 0.15) is 5.82 Å². The Kier molecular flexibility index (Phi) is 11.6. The average molecular weight is 574 g/mol. The highest BCUT2D eigenvalue weighted by Gasteiger charge is 2.16. The number of nitrogens with two attached hydrogens (primary N) is 1. The third-order valence-corrected chi connectivity index (χ3v) is 6.65. The van der Waals surface area contributed by atoms with Crippen molar-refractivity contribution in [2.45, 2.75) is 45.4 Å². The second-order valence-electron chi connectivity index (χ2n) is 10.1. The maximum atomic E-state index is 12.2. The van der Waals surface area contributed by atoms with E-state index in [0.717, 1.165) is 54.1 Å². The Morgan fingerprint density at radius 2 is 1.83 bits per heavy atom. The number of hydrazone groups is 1. The van der Waals surface area contributed by atoms with E-state index in [2.05, 4.69) is 36.8 Å². The topological polar surface area (TPSA) is 144 Å². The van der Waals surface area contributed by atoms with Gasteiger partial charge in [-0.3, -0.25) is 15.0 Å². The number of hydrogen-bond donors (Lipinski definition) is 3. The Balaban J connectivity index is 1.29. The number of aromatic nitrogens is 2. The number of carbonyl (C=O) groups is 2. The van der Waals surface area contributed by atoms with Crippen molar-refractivity contribution in [1.29, 1.82) is 0 Å². The lowest BCUT2D eigenvalue weighted by Gasteiger charge is -2.28. The number of unbranched alkanes of at least 4 members (excludes halogenated alkanes) is 2. The zero-order valence-corrected chi connectivity index (χ0v) is 24.1. The molecule has 0 unspecified atom stereocenters. The van der Waals surface area contributed by atoms with Gasteiger partial charge in [-0.15, -0.1) is 0 Å². The van der Waals surface area contributed by atoms with Crippen LogP contribution in [0.15, 0.2) is 59.7 Å². The van der Waals surface area contributed by atoms with Gasteiger partial charge in [-0.1, -0.05) is 48.4 Å². The number of nitrogens with one attached hydrogen (secondary N) is 2. The molecule has 11 nitrogen and oxygen atoms in total. The lowest BCUT2D eigenvalue weighted by Crippen LogP contribution is -2.36. The second-order valence-corrected chi connectivity index (χ2v) is 10.1. The van der Waals surface area contributed by atoms with Crippen LogP contribution in [0.2, 0.25) is 0 Å². The van der Waals surface area contributed by atoms with Crippen LogP contribution in [0, 0.1) is 6.92 Å². The van der Waals surface area contributed by atoms with Crippen LogP contribution in [0.4, 0.5) is 17.3 Å². The number of aryl methyl sites for hydroxylation is 1. The monoisotopic (exact) mass is 573 g/mol. The van der Waals surface area contributed by atoms with E-state index in [9.17, 15) is 9.59 Å². The number of hydrogen-bond acceptors (Lipinski definition) is 9. The summed E-state index contributed by atoms with van der Waals surface area (Å²) in [6.45, 7) is 5.18. The smallest absolute Gasteiger partial charge is 0.320 e. The van der Waals surface area contributed by atoms with Crippen molar-refractivity contribution in [2.24, 2.45) is 10.8 Å². The van der Waals surface area contributed by atoms with Gasteiger partial charge in [0.25, 0.3) is 0 Å². The highest BCUT2D eigenvalue weighted by atomic mass is 16.5. The fraction of sp³-hybridized carbons (Fsp3) is 0.387. The third-order valence-electron chi connectivity index (χ3n) is 6.65. The summed E-state index contributed by atoms with van der Waals surface area (Å²) in [4.78, 5) is 34.3. The Bertz CT molecular complexity index is 1340. The van der Waals surface area contributed by atoms with Crippen LogP contribution in [0.3, 0.4) is 0 Å². The van der Waals surface area contributed by atoms with Crippen LogP contribution in [0.1, 0.15) is 48.8 Å². The quantitative estimate of drug-likeness (QED) is 0.140. The molecule has 42 heavy (non-hydrogen) atoms. The van der Waals surface area contributed by atoms with E-state index in [4.69, 9.17) is 15.2 Å². The van der Waals surface area contributed by atoms with Crippen molar-refractivity contribution < 1.29 is 19.1 Å². The molecule has 1 saturated heterocycles. The van der Waals surface area contributed by atoms with Crippen molar-refractivity contribution in [3.05, 3.63) is 71.3 Å². The molecule has 0 bridgehead atoms. The molecule has 2 amide bonds. The summed E-state index contributed by atoms with van der Waals surface area (Å²) in [5.41, 5.74) is 12.1. The van der Waals surface area contributed by atoms with Gasteiger partial charge in [-0.2, -0.15) is 15.1 Å². The van der Waals surface area contributed by atoms with E-state index in [-0.39, 0.29) is 17.8 Å². The third kappa shape index (κ3) is 10.5. The van der Waals surface area contributed by atoms with Crippen molar-refractivity contribution in [2.75, 3.05) is 48.6 Å². The molecular formula is C31H39N7O4. The molecule has 11 heteroatoms. The van der Waals surface area contributed by atoms with Gasteiger partial charge in [-0.25, -0.2) is 0 Å². The molecule has 4 rings (SSSR count). The van der Waals surface area contributed by atoms with E-state index >= 15 is 0 Å². The number of rotatable bonds is 15. The van der Waals surface area contributed by atoms with Crippen LogP contribution in [0.5, 0.6) is 6.01 Å². The Hall–Kier alpha value is -4.51. The van der Waals surface area contributed by atoms with Gasteiger partial charge in [0.2, 0.25) is 11.8 Å². The lowest BCUT2D eigenvalue weighted by molar-refractivity contribution is -0.118. The molecule has 1 aliphatic rings. The predicted octanol–water partition coefficient (Wildman–Crippen LogP) is 4.06. The summed E-state index contributed by atoms with van der Waals surface area (Å²) in [7, 11) is 0. The molecule has 2 aromatic carbocycles. The SMILES string of the molecule is Cc1cccc(/C=N/Nc2cc(N3CCOCC3)nc(OCCc3ccc(NC(=O)CCCCCC(N)=O)cc3)n2)c1. The van der Waals surface area contributed by atoms with Crippen molar-refractivity contribution >= 4 is 35.4 Å². The number of anilines is 3. The number of morpholine rings is 1. The van der Waals surface area contributed by atoms with Crippen LogP contribution >= 0.6 is 0 Å². The minimum atomic E-state index is -0.306. The van der Waals surface area contributed by atoms with Gasteiger partial charge in [-0.05, 0) is 43.0 Å². The van der Waals surface area contributed by atoms with Crippen LogP contribution in [-0.2, 0) is 20.7 Å². The van der Waals surface area contributed by atoms with E-state index in [1.807, 2.05) is 55.5 Å². The van der Waals surface area contributed by atoms with Gasteiger partial charge in [0, 0.05) is 44.1 Å². The number of ether oxygens (including phenoxy) is 2. The summed E-state index contributed by atoms with van der Waals surface area (Å²) in [6, 6.07) is 17.9. The fourth-order valence-electron chi connectivity index (χ4n) is 4.41. The molecule has 4 N–H and O–H groups in total. The highest BCUT2D eigenvalue weighted by molar-refractivity contribution is 5.90. The summed E-state index contributed by atoms with van der Waals surface area (Å²) >= 11 is 0. The summed E-state index contributed by atoms with van der Waals surface area (Å²) < 4.78 is 11.5. The average Bonchev–Trinajstić information content (AvgIpc) is 2.98. The zero-order valence-electron chi connectivity index (χ0n) is 24.1. The Labute approximate surface area is 246 Å². The maximum Gasteiger partial charge on any atom is 0.320 e. The summed E-state index contributed by atoms with van der Waals surface area (Å²) in [5, 5.41) is 7.27. The normalized spacial score (nSPS) is 13.2. The standard InChI is InChI=1S/C31H39N7O4/c1-23-6-5-7-25(20-23)22-33-37-28-21-29(38-15-18-41-19-16-38)36-31(35-28)42-17-14-24-10-12-26(13-11-24)34-30(40)9-4-2-3-8-27(32)39/h5-7,10-13,20-22H,2-4,8-9,14-19H2,1H3,(H2,32,39)(H,34,40)(H,35,36,37)/b33-22+. The van der Waals surface area contributed by atoms with Gasteiger partial charge in [0.15, 0.2) is 5.82 Å². The molecule has 0 atom stereocenters. The lowest BCUT2D eigenvalue weighted by atomic mass is 10.1. The number of nitrogens with zero attached hydrogens (tertiary/aromatic N) is 4. The molecule has 0 spiro atoms. The van der Waals surface area contributed by atoms with Gasteiger partial charge >= 0.3 is 6.01 Å². The van der Waals surface area contributed by atoms with Gasteiger partial charge < -0.3 is 25.4 Å². The van der Waals surface area contributed by atoms with E-state index in [1.165, 1.54) is 0 Å². The Morgan fingerprint density at radius 3 is 2.60 bits per heavy atom. The molecule has 1 aromatic heterocycles. The molecule has 1 fully saturated rings. The molecule has 0 radical (unpaired) electrons. The molecule has 0 saturated carbocycles. The molecule has 0 aliphatic carbocycles. The van der Waals surface area contributed by atoms with Crippen molar-refractivity contribution in [3.8, 4) is 6.01 Å². The molecular weight excluding hydrogens is 534 g/mol. The number of amides is 2. The molecule has 222 valence electrons. The molecule has 2 heterocycles. The first-order valence-electron chi connectivity index (χ1n) is 14.3. The van der Waals surface area contributed by atoms with Crippen molar-refractivity contribution in [3.63, 3.8) is 0 Å². The number of benzene rings is 2. The maximum absolute atomic E-state index is 12.2. The summed E-state index contributed by atoms with van der Waals surface area (Å²) in [6.07, 6.45) is 5.40. The highest BCUT2D eigenvalue weighted by Crippen LogP contribution is 2.21. The first-order chi connectivity index (χ1) is 20.4. The number of primary amides is 1. The first kappa shape index (κ1) is 30.4. The van der Waals surface area contributed by atoms with E-state index in [0.29, 0.717) is 51.3 Å². The zero-order chi connectivity index (χ0) is 29.6. The summed E-state index contributed by atoms with van der Waals surface area (Å²) in [5.74, 6) is 0.943. The van der Waals surface area contributed by atoms with Gasteiger partial charge in [0.05, 0.1) is 26.0 Å². The second kappa shape index (κ2) is 16.1. The number of carbonyl (C=O) groups excluding carboxylic acids is 2. The molecule has 3 aromatic rings. The fourth-order valence-corrected chi connectivity index (χ4v) is 4.41. The minimum absolute atomic E-state index is 0.0462.